The number of carbonyl (C=O) groups excluding carboxylic acids is 2. The maximum atomic E-state index is 13.2. The van der Waals surface area contributed by atoms with Crippen LogP contribution in [-0.2, 0) is 0 Å². The highest BCUT2D eigenvalue weighted by Crippen LogP contribution is 2.35. The van der Waals surface area contributed by atoms with Gasteiger partial charge in [-0.25, -0.2) is 0 Å². The number of likely N-dealkylation sites (N-methyl/N-ethyl adjacent to an activating group) is 1. The summed E-state index contributed by atoms with van der Waals surface area (Å²) in [5, 5.41) is 9.03. The summed E-state index contributed by atoms with van der Waals surface area (Å²) in [5.41, 5.74) is 1.77. The van der Waals surface area contributed by atoms with E-state index in [1.54, 1.807) is 23.1 Å². The second-order valence-electron chi connectivity index (χ2n) is 8.30. The van der Waals surface area contributed by atoms with E-state index in [1.165, 1.54) is 11.1 Å². The molecule has 1 N–H and O–H groups in total. The SMILES string of the molecule is C=CN(C=N)c1ccc2c3c(cccc13)C(=O)N(CCN(C)CCCN(C)CCC)C2=O. The first-order chi connectivity index (χ1) is 15.4. The summed E-state index contributed by atoms with van der Waals surface area (Å²) in [6.45, 7) is 9.96. The van der Waals surface area contributed by atoms with Gasteiger partial charge in [0.05, 0.1) is 12.0 Å². The van der Waals surface area contributed by atoms with Gasteiger partial charge in [-0.3, -0.25) is 19.9 Å². The lowest BCUT2D eigenvalue weighted by molar-refractivity contribution is 0.0597. The number of anilines is 1. The van der Waals surface area contributed by atoms with Crippen molar-refractivity contribution in [3.63, 3.8) is 0 Å². The number of nitrogens with zero attached hydrogens (tertiary/aromatic N) is 4. The first-order valence-electron chi connectivity index (χ1n) is 11.1. The minimum atomic E-state index is -0.263. The molecule has 7 nitrogen and oxygen atoms in total. The van der Waals surface area contributed by atoms with E-state index in [1.807, 2.05) is 19.2 Å². The van der Waals surface area contributed by atoms with Crippen LogP contribution in [0.1, 0.15) is 40.5 Å². The molecule has 0 bridgehead atoms. The van der Waals surface area contributed by atoms with E-state index in [-0.39, 0.29) is 11.8 Å². The Bertz CT molecular complexity index is 989. The summed E-state index contributed by atoms with van der Waals surface area (Å²) in [6, 6.07) is 9.01. The molecule has 1 heterocycles. The second kappa shape index (κ2) is 10.5. The quantitative estimate of drug-likeness (QED) is 0.313. The topological polar surface area (TPSA) is 71.0 Å². The molecule has 0 saturated carbocycles. The van der Waals surface area contributed by atoms with E-state index in [4.69, 9.17) is 5.41 Å². The molecule has 0 atom stereocenters. The molecule has 0 aliphatic carbocycles. The predicted molar refractivity (Wildman–Crippen MR) is 131 cm³/mol. The summed E-state index contributed by atoms with van der Waals surface area (Å²) >= 11 is 0. The van der Waals surface area contributed by atoms with Gasteiger partial charge in [0.15, 0.2) is 0 Å². The van der Waals surface area contributed by atoms with Crippen molar-refractivity contribution >= 4 is 34.6 Å². The average Bonchev–Trinajstić information content (AvgIpc) is 2.78. The number of benzene rings is 2. The Morgan fingerprint density at radius 1 is 0.969 bits per heavy atom. The van der Waals surface area contributed by atoms with E-state index < -0.39 is 0 Å². The first kappa shape index (κ1) is 23.6. The molecule has 0 radical (unpaired) electrons. The van der Waals surface area contributed by atoms with Gasteiger partial charge in [0.1, 0.15) is 0 Å². The van der Waals surface area contributed by atoms with E-state index in [2.05, 4.69) is 30.4 Å². The van der Waals surface area contributed by atoms with Gasteiger partial charge in [0.2, 0.25) is 0 Å². The molecule has 0 unspecified atom stereocenters. The maximum absolute atomic E-state index is 13.2. The molecular weight excluding hydrogens is 402 g/mol. The van der Waals surface area contributed by atoms with Crippen LogP contribution in [0.3, 0.4) is 0 Å². The summed E-state index contributed by atoms with van der Waals surface area (Å²) in [7, 11) is 4.16. The lowest BCUT2D eigenvalue weighted by Gasteiger charge is -2.30. The summed E-state index contributed by atoms with van der Waals surface area (Å²) < 4.78 is 0. The normalized spacial score (nSPS) is 13.3. The number of rotatable bonds is 12. The predicted octanol–water partition coefficient (Wildman–Crippen LogP) is 3.66. The highest BCUT2D eigenvalue weighted by Gasteiger charge is 2.33. The zero-order valence-corrected chi connectivity index (χ0v) is 19.3. The summed E-state index contributed by atoms with van der Waals surface area (Å²) in [4.78, 5) is 33.9. The van der Waals surface area contributed by atoms with Crippen molar-refractivity contribution in [3.05, 3.63) is 54.2 Å². The Morgan fingerprint density at radius 2 is 1.62 bits per heavy atom. The third-order valence-electron chi connectivity index (χ3n) is 5.97. The number of imide groups is 1. The monoisotopic (exact) mass is 435 g/mol. The average molecular weight is 436 g/mol. The molecule has 0 saturated heterocycles. The van der Waals surface area contributed by atoms with Gasteiger partial charge in [-0.15, -0.1) is 0 Å². The maximum Gasteiger partial charge on any atom is 0.261 e. The zero-order valence-electron chi connectivity index (χ0n) is 19.3. The Hall–Kier alpha value is -3.03. The van der Waals surface area contributed by atoms with Crippen LogP contribution in [0, 0.1) is 5.41 Å². The van der Waals surface area contributed by atoms with Crippen LogP contribution in [0.2, 0.25) is 0 Å². The number of hydrogen-bond donors (Lipinski definition) is 1. The third kappa shape index (κ3) is 4.74. The minimum Gasteiger partial charge on any atom is -0.308 e. The van der Waals surface area contributed by atoms with E-state index in [9.17, 15) is 9.59 Å². The number of nitrogens with one attached hydrogen (secondary N) is 1. The van der Waals surface area contributed by atoms with Crippen LogP contribution < -0.4 is 4.90 Å². The number of amides is 2. The van der Waals surface area contributed by atoms with Crippen LogP contribution >= 0.6 is 0 Å². The molecule has 0 fully saturated rings. The largest absolute Gasteiger partial charge is 0.308 e. The fraction of sp³-hybridized carbons (Fsp3) is 0.400. The fourth-order valence-electron chi connectivity index (χ4n) is 4.27. The van der Waals surface area contributed by atoms with Gasteiger partial charge in [-0.05, 0) is 64.8 Å². The number of hydrogen-bond acceptors (Lipinski definition) is 5. The lowest BCUT2D eigenvalue weighted by Crippen LogP contribution is -2.44. The van der Waals surface area contributed by atoms with Crippen LogP contribution in [0.5, 0.6) is 0 Å². The fourth-order valence-corrected chi connectivity index (χ4v) is 4.27. The molecule has 3 rings (SSSR count). The first-order valence-corrected chi connectivity index (χ1v) is 11.1. The van der Waals surface area contributed by atoms with Gasteiger partial charge < -0.3 is 14.7 Å². The molecule has 2 aromatic rings. The van der Waals surface area contributed by atoms with E-state index >= 15 is 0 Å². The summed E-state index contributed by atoms with van der Waals surface area (Å²) in [6.07, 6.45) is 4.89. The van der Waals surface area contributed by atoms with Crippen molar-refractivity contribution in [2.75, 3.05) is 51.7 Å². The van der Waals surface area contributed by atoms with Gasteiger partial charge in [-0.2, -0.15) is 0 Å². The van der Waals surface area contributed by atoms with Crippen molar-refractivity contribution in [2.45, 2.75) is 19.8 Å². The molecule has 1 aliphatic rings. The van der Waals surface area contributed by atoms with Crippen molar-refractivity contribution in [1.29, 1.82) is 5.41 Å². The Balaban J connectivity index is 1.75. The van der Waals surface area contributed by atoms with Crippen molar-refractivity contribution in [2.24, 2.45) is 0 Å². The van der Waals surface area contributed by atoms with Gasteiger partial charge >= 0.3 is 0 Å². The van der Waals surface area contributed by atoms with Crippen LogP contribution in [0.25, 0.3) is 10.8 Å². The smallest absolute Gasteiger partial charge is 0.261 e. The van der Waals surface area contributed by atoms with Gasteiger partial charge in [-0.1, -0.05) is 25.6 Å². The molecule has 170 valence electrons. The third-order valence-corrected chi connectivity index (χ3v) is 5.97. The Labute approximate surface area is 190 Å². The van der Waals surface area contributed by atoms with Gasteiger partial charge in [0, 0.05) is 41.2 Å². The molecular formula is C25H33N5O2. The molecule has 1 aliphatic heterocycles. The molecule has 7 heteroatoms. The van der Waals surface area contributed by atoms with Crippen LogP contribution in [0.15, 0.2) is 43.1 Å². The van der Waals surface area contributed by atoms with Crippen molar-refractivity contribution in [1.82, 2.24) is 14.7 Å². The summed E-state index contributed by atoms with van der Waals surface area (Å²) in [5.74, 6) is -0.525. The van der Waals surface area contributed by atoms with Crippen LogP contribution in [-0.4, -0.2) is 79.7 Å². The highest BCUT2D eigenvalue weighted by molar-refractivity contribution is 6.27. The standard InChI is InChI=1S/C25H33N5O2/c1-5-13-27(3)14-8-15-28(4)16-17-30-24(31)20-10-7-9-19-22(29(6-2)18-26)12-11-21(23(19)20)25(30)32/h6-7,9-12,18,26H,2,5,8,13-17H2,1,3-4H3. The molecule has 0 aromatic heterocycles. The Kier molecular flexibility index (Phi) is 7.77. The van der Waals surface area contributed by atoms with Crippen molar-refractivity contribution in [3.8, 4) is 0 Å². The van der Waals surface area contributed by atoms with Crippen molar-refractivity contribution < 1.29 is 9.59 Å². The molecule has 2 aromatic carbocycles. The zero-order chi connectivity index (χ0) is 23.3. The second-order valence-corrected chi connectivity index (χ2v) is 8.30. The van der Waals surface area contributed by atoms with E-state index in [0.29, 0.717) is 29.6 Å². The number of carbonyl (C=O) groups is 2. The van der Waals surface area contributed by atoms with E-state index in [0.717, 1.165) is 49.9 Å². The molecule has 2 amide bonds. The highest BCUT2D eigenvalue weighted by atomic mass is 16.2. The van der Waals surface area contributed by atoms with Crippen LogP contribution in [0.4, 0.5) is 5.69 Å². The molecule has 32 heavy (non-hydrogen) atoms. The minimum absolute atomic E-state index is 0.263. The molecule has 0 spiro atoms. The lowest BCUT2D eigenvalue weighted by atomic mass is 9.92. The Morgan fingerprint density at radius 3 is 2.25 bits per heavy atom. The van der Waals surface area contributed by atoms with Gasteiger partial charge in [0.25, 0.3) is 11.8 Å².